The molecule has 0 radical (unpaired) electrons. The zero-order chi connectivity index (χ0) is 26.2. The number of para-hydroxylation sites is 1. The number of nitrogens with one attached hydrogen (secondary N) is 3. The minimum atomic E-state index is -0.182. The summed E-state index contributed by atoms with van der Waals surface area (Å²) in [7, 11) is 2.13. The molecule has 1 fully saturated rings. The molecule has 0 bridgehead atoms. The number of rotatable bonds is 10. The van der Waals surface area contributed by atoms with Crippen LogP contribution in [0.5, 0.6) is 11.5 Å². The molecule has 4 rings (SSSR count). The molecule has 9 nitrogen and oxygen atoms in total. The van der Waals surface area contributed by atoms with Gasteiger partial charge in [-0.3, -0.25) is 4.79 Å². The molecule has 2 aromatic carbocycles. The van der Waals surface area contributed by atoms with Crippen molar-refractivity contribution in [1.29, 1.82) is 0 Å². The fraction of sp³-hybridized carbons (Fsp3) is 0.370. The van der Waals surface area contributed by atoms with Crippen molar-refractivity contribution in [2.45, 2.75) is 32.8 Å². The molecule has 1 aromatic heterocycles. The predicted octanol–water partition coefficient (Wildman–Crippen LogP) is 5.24. The van der Waals surface area contributed by atoms with Crippen LogP contribution in [-0.4, -0.2) is 60.2 Å². The van der Waals surface area contributed by atoms with Crippen LogP contribution < -0.4 is 25.4 Å². The van der Waals surface area contributed by atoms with E-state index in [2.05, 4.69) is 37.9 Å². The minimum Gasteiger partial charge on any atom is -0.492 e. The van der Waals surface area contributed by atoms with Crippen LogP contribution in [-0.2, 0) is 0 Å². The van der Waals surface area contributed by atoms with Gasteiger partial charge in [-0.05, 0) is 58.0 Å². The highest BCUT2D eigenvalue weighted by molar-refractivity contribution is 6.33. The first kappa shape index (κ1) is 26.5. The molecule has 0 unspecified atom stereocenters. The van der Waals surface area contributed by atoms with E-state index in [1.807, 2.05) is 38.1 Å². The van der Waals surface area contributed by atoms with E-state index in [0.29, 0.717) is 52.6 Å². The lowest BCUT2D eigenvalue weighted by Gasteiger charge is -2.29. The molecule has 3 aromatic rings. The van der Waals surface area contributed by atoms with Crippen LogP contribution >= 0.6 is 11.6 Å². The van der Waals surface area contributed by atoms with Gasteiger partial charge in [-0.1, -0.05) is 23.7 Å². The highest BCUT2D eigenvalue weighted by atomic mass is 35.5. The van der Waals surface area contributed by atoms with Crippen LogP contribution in [0.4, 0.5) is 23.1 Å². The third kappa shape index (κ3) is 7.02. The average molecular weight is 525 g/mol. The van der Waals surface area contributed by atoms with E-state index in [-0.39, 0.29) is 12.0 Å². The number of nitrogens with zero attached hydrogens (tertiary/aromatic N) is 3. The van der Waals surface area contributed by atoms with Crippen molar-refractivity contribution in [2.75, 3.05) is 43.9 Å². The third-order valence-corrected chi connectivity index (χ3v) is 6.25. The Hall–Kier alpha value is -3.56. The number of ether oxygens (including phenoxy) is 2. The largest absolute Gasteiger partial charge is 0.492 e. The Morgan fingerprint density at radius 2 is 1.89 bits per heavy atom. The fourth-order valence-corrected chi connectivity index (χ4v) is 4.20. The lowest BCUT2D eigenvalue weighted by Crippen LogP contribution is -2.35. The van der Waals surface area contributed by atoms with Crippen LogP contribution in [0.2, 0.25) is 5.02 Å². The van der Waals surface area contributed by atoms with E-state index >= 15 is 0 Å². The quantitative estimate of drug-likeness (QED) is 0.331. The van der Waals surface area contributed by atoms with Gasteiger partial charge in [-0.25, -0.2) is 4.98 Å². The minimum absolute atomic E-state index is 0.182. The molecule has 2 heterocycles. The Kier molecular flexibility index (Phi) is 9.03. The van der Waals surface area contributed by atoms with Crippen molar-refractivity contribution < 1.29 is 14.3 Å². The molecule has 0 saturated carbocycles. The van der Waals surface area contributed by atoms with Gasteiger partial charge >= 0.3 is 0 Å². The molecule has 196 valence electrons. The average Bonchev–Trinajstić information content (AvgIpc) is 2.89. The molecule has 0 spiro atoms. The summed E-state index contributed by atoms with van der Waals surface area (Å²) in [5, 5.41) is 9.52. The first-order valence-electron chi connectivity index (χ1n) is 12.5. The molecule has 1 aliphatic rings. The van der Waals surface area contributed by atoms with E-state index in [9.17, 15) is 4.79 Å². The van der Waals surface area contributed by atoms with E-state index in [1.54, 1.807) is 18.2 Å². The maximum atomic E-state index is 12.5. The Labute approximate surface area is 222 Å². The Balaban J connectivity index is 1.52. The molecule has 3 N–H and O–H groups in total. The van der Waals surface area contributed by atoms with Crippen molar-refractivity contribution in [3.05, 3.63) is 59.2 Å². The molecular formula is C27H33ClN6O3. The number of benzene rings is 2. The maximum absolute atomic E-state index is 12.5. The maximum Gasteiger partial charge on any atom is 0.253 e. The highest BCUT2D eigenvalue weighted by Gasteiger charge is 2.19. The summed E-state index contributed by atoms with van der Waals surface area (Å²) in [5.74, 6) is 1.92. The highest BCUT2D eigenvalue weighted by Crippen LogP contribution is 2.33. The van der Waals surface area contributed by atoms with Gasteiger partial charge in [-0.2, -0.15) is 4.98 Å². The molecular weight excluding hydrogens is 492 g/mol. The van der Waals surface area contributed by atoms with Crippen LogP contribution in [0.15, 0.2) is 48.7 Å². The zero-order valence-electron chi connectivity index (χ0n) is 21.4. The summed E-state index contributed by atoms with van der Waals surface area (Å²) < 4.78 is 12.1. The number of halogens is 1. The summed E-state index contributed by atoms with van der Waals surface area (Å²) in [6.07, 6.45) is 3.70. The van der Waals surface area contributed by atoms with Crippen molar-refractivity contribution in [3.8, 4) is 11.5 Å². The molecule has 1 saturated heterocycles. The van der Waals surface area contributed by atoms with Gasteiger partial charge in [0, 0.05) is 25.7 Å². The molecule has 0 aliphatic carbocycles. The summed E-state index contributed by atoms with van der Waals surface area (Å²) in [6, 6.07) is 12.9. The number of hydrogen-bond donors (Lipinski definition) is 3. The second-order valence-corrected chi connectivity index (χ2v) is 9.16. The fourth-order valence-electron chi connectivity index (χ4n) is 4.06. The van der Waals surface area contributed by atoms with Crippen LogP contribution in [0.25, 0.3) is 0 Å². The number of aromatic nitrogens is 2. The van der Waals surface area contributed by atoms with Gasteiger partial charge in [0.05, 0.1) is 29.7 Å². The van der Waals surface area contributed by atoms with Crippen molar-refractivity contribution in [1.82, 2.24) is 20.2 Å². The van der Waals surface area contributed by atoms with Crippen LogP contribution in [0.1, 0.15) is 37.0 Å². The van der Waals surface area contributed by atoms with Crippen molar-refractivity contribution in [3.63, 3.8) is 0 Å². The zero-order valence-corrected chi connectivity index (χ0v) is 22.1. The summed E-state index contributed by atoms with van der Waals surface area (Å²) in [6.45, 7) is 6.89. The Bertz CT molecular complexity index is 1220. The smallest absolute Gasteiger partial charge is 0.253 e. The number of hydrogen-bond acceptors (Lipinski definition) is 8. The van der Waals surface area contributed by atoms with Crippen molar-refractivity contribution in [2.24, 2.45) is 0 Å². The number of amides is 1. The molecule has 10 heteroatoms. The molecule has 0 atom stereocenters. The summed E-state index contributed by atoms with van der Waals surface area (Å²) in [5.41, 5.74) is 1.78. The first-order valence-corrected chi connectivity index (χ1v) is 12.9. The van der Waals surface area contributed by atoms with Crippen molar-refractivity contribution >= 4 is 40.6 Å². The van der Waals surface area contributed by atoms with Gasteiger partial charge in [0.15, 0.2) is 5.82 Å². The SMILES string of the molecule is CCNC(=O)c1ccccc1Nc1nc(Nc2ccc(OC3CCN(C)CC3)cc2OCC)ncc1Cl. The molecule has 1 aliphatic heterocycles. The second kappa shape index (κ2) is 12.6. The Morgan fingerprint density at radius 1 is 1.11 bits per heavy atom. The number of carbonyl (C=O) groups is 1. The lowest BCUT2D eigenvalue weighted by atomic mass is 10.1. The topological polar surface area (TPSA) is 101 Å². The van der Waals surface area contributed by atoms with Crippen LogP contribution in [0, 0.1) is 0 Å². The molecule has 37 heavy (non-hydrogen) atoms. The van der Waals surface area contributed by atoms with E-state index in [1.165, 1.54) is 6.20 Å². The van der Waals surface area contributed by atoms with E-state index < -0.39 is 0 Å². The monoisotopic (exact) mass is 524 g/mol. The number of carbonyl (C=O) groups excluding carboxylic acids is 1. The van der Waals surface area contributed by atoms with Gasteiger partial charge in [0.2, 0.25) is 5.95 Å². The Morgan fingerprint density at radius 3 is 2.65 bits per heavy atom. The van der Waals surface area contributed by atoms with Gasteiger partial charge < -0.3 is 30.3 Å². The number of anilines is 4. The normalized spacial score (nSPS) is 14.2. The second-order valence-electron chi connectivity index (χ2n) is 8.76. The lowest BCUT2D eigenvalue weighted by molar-refractivity contribution is 0.0956. The number of piperidine rings is 1. The summed E-state index contributed by atoms with van der Waals surface area (Å²) >= 11 is 6.39. The molecule has 1 amide bonds. The van der Waals surface area contributed by atoms with Gasteiger partial charge in [0.25, 0.3) is 5.91 Å². The van der Waals surface area contributed by atoms with E-state index in [0.717, 1.165) is 31.7 Å². The third-order valence-electron chi connectivity index (χ3n) is 5.97. The van der Waals surface area contributed by atoms with Gasteiger partial charge in [0.1, 0.15) is 22.6 Å². The predicted molar refractivity (Wildman–Crippen MR) is 147 cm³/mol. The standard InChI is InChI=1S/C27H33ClN6O3/c1-4-29-26(35)20-8-6-7-9-22(20)31-25-21(28)17-30-27(33-25)32-23-11-10-19(16-24(23)36-5-2)37-18-12-14-34(3)15-13-18/h6-11,16-18H,4-5,12-15H2,1-3H3,(H,29,35)(H2,30,31,32,33). The van der Waals surface area contributed by atoms with Crippen LogP contribution in [0.3, 0.4) is 0 Å². The van der Waals surface area contributed by atoms with Gasteiger partial charge in [-0.15, -0.1) is 0 Å². The number of likely N-dealkylation sites (tertiary alicyclic amines) is 1. The summed E-state index contributed by atoms with van der Waals surface area (Å²) in [4.78, 5) is 23.6. The first-order chi connectivity index (χ1) is 18.0. The van der Waals surface area contributed by atoms with E-state index in [4.69, 9.17) is 21.1 Å².